The zero-order valence-corrected chi connectivity index (χ0v) is 18.3. The van der Waals surface area contributed by atoms with E-state index < -0.39 is 0 Å². The Morgan fingerprint density at radius 2 is 1.62 bits per heavy atom. The van der Waals surface area contributed by atoms with Crippen molar-refractivity contribution < 1.29 is 9.59 Å². The van der Waals surface area contributed by atoms with Gasteiger partial charge in [0, 0.05) is 18.8 Å². The average molecular weight is 414 g/mol. The maximum atomic E-state index is 12.2. The summed E-state index contributed by atoms with van der Waals surface area (Å²) in [5.74, 6) is 0.355. The van der Waals surface area contributed by atoms with E-state index in [2.05, 4.69) is 41.5 Å². The van der Waals surface area contributed by atoms with Crippen LogP contribution in [-0.4, -0.2) is 41.3 Å². The Morgan fingerprint density at radius 3 is 2.31 bits per heavy atom. The minimum atomic E-state index is -0.0991. The maximum Gasteiger partial charge on any atom is 0.234 e. The fraction of sp³-hybridized carbons (Fsp3) is 0.391. The fourth-order valence-electron chi connectivity index (χ4n) is 2.97. The molecular weight excluding hydrogens is 382 g/mol. The molecule has 2 amide bonds. The molecular formula is C23H31N3O2S. The number of thioether (sulfide) groups is 1. The first-order valence-electron chi connectivity index (χ1n) is 10.0. The Kier molecular flexibility index (Phi) is 9.74. The fourth-order valence-corrected chi connectivity index (χ4v) is 3.62. The molecule has 0 fully saturated rings. The zero-order valence-electron chi connectivity index (χ0n) is 17.5. The van der Waals surface area contributed by atoms with Gasteiger partial charge in [-0.2, -0.15) is 0 Å². The van der Waals surface area contributed by atoms with Crippen molar-refractivity contribution in [1.82, 2.24) is 10.2 Å². The second kappa shape index (κ2) is 12.3. The number of nitrogens with zero attached hydrogens (tertiary/aromatic N) is 1. The smallest absolute Gasteiger partial charge is 0.234 e. The molecule has 0 bridgehead atoms. The molecule has 0 spiro atoms. The highest BCUT2D eigenvalue weighted by molar-refractivity contribution is 8.00. The lowest BCUT2D eigenvalue weighted by Gasteiger charge is -2.20. The molecule has 0 aliphatic carbocycles. The van der Waals surface area contributed by atoms with E-state index in [1.165, 1.54) is 17.3 Å². The number of amides is 2. The minimum absolute atomic E-state index is 0.0593. The van der Waals surface area contributed by atoms with Gasteiger partial charge in [-0.25, -0.2) is 0 Å². The lowest BCUT2D eigenvalue weighted by molar-refractivity contribution is -0.118. The van der Waals surface area contributed by atoms with Crippen molar-refractivity contribution >= 4 is 29.3 Å². The van der Waals surface area contributed by atoms with Gasteiger partial charge in [-0.15, -0.1) is 11.8 Å². The van der Waals surface area contributed by atoms with E-state index in [4.69, 9.17) is 0 Å². The van der Waals surface area contributed by atoms with E-state index >= 15 is 0 Å². The lowest BCUT2D eigenvalue weighted by atomic mass is 10.1. The van der Waals surface area contributed by atoms with Gasteiger partial charge in [-0.1, -0.05) is 50.2 Å². The van der Waals surface area contributed by atoms with Gasteiger partial charge in [0.2, 0.25) is 11.8 Å². The summed E-state index contributed by atoms with van der Waals surface area (Å²) in [6.45, 7) is 9.67. The monoisotopic (exact) mass is 413 g/mol. The van der Waals surface area contributed by atoms with Crippen LogP contribution in [0.5, 0.6) is 0 Å². The quantitative estimate of drug-likeness (QED) is 0.588. The first-order chi connectivity index (χ1) is 14.0. The third kappa shape index (κ3) is 8.30. The summed E-state index contributed by atoms with van der Waals surface area (Å²) in [5, 5.41) is 5.82. The molecule has 0 heterocycles. The Morgan fingerprint density at radius 1 is 0.931 bits per heavy atom. The topological polar surface area (TPSA) is 61.4 Å². The third-order valence-corrected chi connectivity index (χ3v) is 5.58. The van der Waals surface area contributed by atoms with Crippen molar-refractivity contribution in [2.24, 2.45) is 0 Å². The van der Waals surface area contributed by atoms with Gasteiger partial charge in [0.25, 0.3) is 0 Å². The summed E-state index contributed by atoms with van der Waals surface area (Å²) >= 11 is 1.32. The molecule has 2 N–H and O–H groups in total. The number of hydrogen-bond acceptors (Lipinski definition) is 4. The number of carbonyl (C=O) groups excluding carboxylic acids is 2. The van der Waals surface area contributed by atoms with Gasteiger partial charge in [0.15, 0.2) is 0 Å². The van der Waals surface area contributed by atoms with Crippen molar-refractivity contribution in [3.8, 4) is 0 Å². The van der Waals surface area contributed by atoms with Crippen LogP contribution < -0.4 is 10.6 Å². The largest absolute Gasteiger partial charge is 0.351 e. The zero-order chi connectivity index (χ0) is 21.1. The summed E-state index contributed by atoms with van der Waals surface area (Å²) in [6.07, 6.45) is 0. The Labute approximate surface area is 178 Å². The van der Waals surface area contributed by atoms with E-state index in [0.29, 0.717) is 6.54 Å². The molecule has 0 unspecified atom stereocenters. The van der Waals surface area contributed by atoms with Crippen molar-refractivity contribution in [1.29, 1.82) is 0 Å². The van der Waals surface area contributed by atoms with Gasteiger partial charge in [0.05, 0.1) is 11.5 Å². The number of rotatable bonds is 11. The molecule has 0 aromatic heterocycles. The normalized spacial score (nSPS) is 10.8. The highest BCUT2D eigenvalue weighted by Crippen LogP contribution is 2.13. The predicted molar refractivity (Wildman–Crippen MR) is 122 cm³/mol. The number of benzene rings is 2. The van der Waals surface area contributed by atoms with Crippen LogP contribution in [0.2, 0.25) is 0 Å². The summed E-state index contributed by atoms with van der Waals surface area (Å²) in [6, 6.07) is 15.9. The molecule has 2 rings (SSSR count). The Bertz CT molecular complexity index is 806. The van der Waals surface area contributed by atoms with E-state index in [9.17, 15) is 9.59 Å². The number of nitrogens with one attached hydrogen (secondary N) is 2. The van der Waals surface area contributed by atoms with Gasteiger partial charge in [0.1, 0.15) is 0 Å². The summed E-state index contributed by atoms with van der Waals surface area (Å²) < 4.78 is 0. The number of aryl methyl sites for hydroxylation is 1. The molecule has 0 radical (unpaired) electrons. The molecule has 0 saturated carbocycles. The summed E-state index contributed by atoms with van der Waals surface area (Å²) in [4.78, 5) is 26.5. The van der Waals surface area contributed by atoms with E-state index in [1.807, 2.05) is 43.3 Å². The second-order valence-corrected chi connectivity index (χ2v) is 7.90. The van der Waals surface area contributed by atoms with Crippen LogP contribution in [0.4, 0.5) is 5.69 Å². The van der Waals surface area contributed by atoms with Crippen LogP contribution in [0, 0.1) is 6.92 Å². The SMILES string of the molecule is CCN(CC)Cc1ccccc1CNC(=O)CSCC(=O)Nc1cccc(C)c1. The van der Waals surface area contributed by atoms with Crippen LogP contribution in [0.15, 0.2) is 48.5 Å². The molecule has 29 heavy (non-hydrogen) atoms. The molecule has 5 nitrogen and oxygen atoms in total. The van der Waals surface area contributed by atoms with Crippen molar-refractivity contribution in [2.45, 2.75) is 33.9 Å². The Balaban J connectivity index is 1.74. The van der Waals surface area contributed by atoms with Crippen LogP contribution in [-0.2, 0) is 22.7 Å². The molecule has 2 aromatic carbocycles. The van der Waals surface area contributed by atoms with Gasteiger partial charge < -0.3 is 10.6 Å². The molecule has 0 atom stereocenters. The van der Waals surface area contributed by atoms with Crippen LogP contribution in [0.1, 0.15) is 30.5 Å². The highest BCUT2D eigenvalue weighted by atomic mass is 32.2. The first-order valence-corrected chi connectivity index (χ1v) is 11.2. The standard InChI is InChI=1S/C23H31N3O2S/c1-4-26(5-2)15-20-11-7-6-10-19(20)14-24-22(27)16-29-17-23(28)25-21-12-8-9-18(3)13-21/h6-13H,4-5,14-17H2,1-3H3,(H,24,27)(H,25,28). The van der Waals surface area contributed by atoms with Crippen LogP contribution in [0.3, 0.4) is 0 Å². The van der Waals surface area contributed by atoms with Gasteiger partial charge in [-0.05, 0) is 48.8 Å². The van der Waals surface area contributed by atoms with Crippen molar-refractivity contribution in [2.75, 3.05) is 29.9 Å². The number of carbonyl (C=O) groups is 2. The van der Waals surface area contributed by atoms with E-state index in [1.54, 1.807) is 0 Å². The lowest BCUT2D eigenvalue weighted by Crippen LogP contribution is -2.27. The van der Waals surface area contributed by atoms with Gasteiger partial charge >= 0.3 is 0 Å². The molecule has 156 valence electrons. The molecule has 6 heteroatoms. The van der Waals surface area contributed by atoms with E-state index in [-0.39, 0.29) is 23.3 Å². The van der Waals surface area contributed by atoms with Crippen LogP contribution >= 0.6 is 11.8 Å². The van der Waals surface area contributed by atoms with Crippen molar-refractivity contribution in [3.05, 3.63) is 65.2 Å². The van der Waals surface area contributed by atoms with Crippen LogP contribution in [0.25, 0.3) is 0 Å². The molecule has 0 aliphatic heterocycles. The summed E-state index contributed by atoms with van der Waals surface area (Å²) in [5.41, 5.74) is 4.25. The second-order valence-electron chi connectivity index (χ2n) is 6.92. The molecule has 0 saturated heterocycles. The predicted octanol–water partition coefficient (Wildman–Crippen LogP) is 3.82. The molecule has 2 aromatic rings. The first kappa shape index (κ1) is 23.0. The average Bonchev–Trinajstić information content (AvgIpc) is 2.71. The van der Waals surface area contributed by atoms with Gasteiger partial charge in [-0.3, -0.25) is 14.5 Å². The third-order valence-electron chi connectivity index (χ3n) is 4.65. The molecule has 0 aliphatic rings. The maximum absolute atomic E-state index is 12.2. The minimum Gasteiger partial charge on any atom is -0.351 e. The number of anilines is 1. The summed E-state index contributed by atoms with van der Waals surface area (Å²) in [7, 11) is 0. The number of hydrogen-bond donors (Lipinski definition) is 2. The Hall–Kier alpha value is -2.31. The van der Waals surface area contributed by atoms with E-state index in [0.717, 1.165) is 36.4 Å². The highest BCUT2D eigenvalue weighted by Gasteiger charge is 2.09. The van der Waals surface area contributed by atoms with Crippen molar-refractivity contribution in [3.63, 3.8) is 0 Å².